The molecule has 3 N–H and O–H groups in total. The molecule has 0 fully saturated rings. The van der Waals surface area contributed by atoms with E-state index in [4.69, 9.17) is 28.9 Å². The molecule has 17 heavy (non-hydrogen) atoms. The summed E-state index contributed by atoms with van der Waals surface area (Å²) in [5, 5.41) is 10.4. The van der Waals surface area contributed by atoms with Crippen LogP contribution in [0.1, 0.15) is 5.56 Å². The van der Waals surface area contributed by atoms with Gasteiger partial charge in [-0.15, -0.1) is 0 Å². The minimum atomic E-state index is -0.442. The smallest absolute Gasteiger partial charge is 0.286 e. The van der Waals surface area contributed by atoms with Gasteiger partial charge in [0.2, 0.25) is 0 Å². The van der Waals surface area contributed by atoms with Crippen LogP contribution in [0.25, 0.3) is 6.08 Å². The molecule has 0 aliphatic carbocycles. The van der Waals surface area contributed by atoms with E-state index in [2.05, 4.69) is 4.99 Å². The van der Waals surface area contributed by atoms with Crippen LogP contribution in [-0.2, 0) is 4.79 Å². The highest BCUT2D eigenvalue weighted by Crippen LogP contribution is 2.35. The molecule has 0 bridgehead atoms. The fourth-order valence-corrected chi connectivity index (χ4v) is 2.44. The van der Waals surface area contributed by atoms with E-state index in [1.165, 1.54) is 18.2 Å². The van der Waals surface area contributed by atoms with Crippen molar-refractivity contribution in [3.8, 4) is 5.75 Å². The van der Waals surface area contributed by atoms with E-state index in [1.807, 2.05) is 0 Å². The van der Waals surface area contributed by atoms with Gasteiger partial charge in [0.15, 0.2) is 5.17 Å². The number of nitrogens with two attached hydrogens (primary N) is 1. The first kappa shape index (κ1) is 12.3. The summed E-state index contributed by atoms with van der Waals surface area (Å²) in [5.41, 5.74) is 5.75. The number of halogens is 2. The van der Waals surface area contributed by atoms with E-state index < -0.39 is 5.91 Å². The molecule has 0 radical (unpaired) electrons. The van der Waals surface area contributed by atoms with Gasteiger partial charge in [0.25, 0.3) is 5.91 Å². The van der Waals surface area contributed by atoms with Crippen LogP contribution in [-0.4, -0.2) is 16.2 Å². The number of hydrogen-bond acceptors (Lipinski definition) is 4. The summed E-state index contributed by atoms with van der Waals surface area (Å²) in [5.74, 6) is -0.578. The Morgan fingerprint density at radius 3 is 2.71 bits per heavy atom. The van der Waals surface area contributed by atoms with Crippen LogP contribution in [0.5, 0.6) is 5.75 Å². The maximum absolute atomic E-state index is 11.4. The van der Waals surface area contributed by atoms with Crippen LogP contribution in [0, 0.1) is 0 Å². The van der Waals surface area contributed by atoms with Gasteiger partial charge in [0.1, 0.15) is 5.75 Å². The second kappa shape index (κ2) is 4.60. The van der Waals surface area contributed by atoms with Crippen molar-refractivity contribution < 1.29 is 9.90 Å². The normalized spacial score (nSPS) is 17.6. The second-order valence-electron chi connectivity index (χ2n) is 3.19. The van der Waals surface area contributed by atoms with E-state index in [-0.39, 0.29) is 15.9 Å². The summed E-state index contributed by atoms with van der Waals surface area (Å²) in [7, 11) is 0. The number of thioether (sulfide) groups is 1. The first-order chi connectivity index (χ1) is 7.97. The van der Waals surface area contributed by atoms with Crippen molar-refractivity contribution in [3.63, 3.8) is 0 Å². The van der Waals surface area contributed by atoms with E-state index in [0.717, 1.165) is 11.8 Å². The number of amides is 1. The predicted molar refractivity (Wildman–Crippen MR) is 70.3 cm³/mol. The summed E-state index contributed by atoms with van der Waals surface area (Å²) >= 11 is 12.6. The van der Waals surface area contributed by atoms with Crippen molar-refractivity contribution in [2.75, 3.05) is 0 Å². The van der Waals surface area contributed by atoms with Gasteiger partial charge >= 0.3 is 0 Å². The van der Waals surface area contributed by atoms with Crippen molar-refractivity contribution in [2.24, 2.45) is 10.7 Å². The van der Waals surface area contributed by atoms with Gasteiger partial charge in [-0.2, -0.15) is 4.99 Å². The third-order valence-electron chi connectivity index (χ3n) is 1.98. The van der Waals surface area contributed by atoms with Crippen LogP contribution < -0.4 is 5.73 Å². The van der Waals surface area contributed by atoms with Crippen LogP contribution >= 0.6 is 35.0 Å². The number of amidine groups is 1. The number of nitrogens with zero attached hydrogens (tertiary/aromatic N) is 1. The maximum atomic E-state index is 11.4. The first-order valence-corrected chi connectivity index (χ1v) is 6.00. The standard InChI is InChI=1S/C10H6Cl2N2O2S/c11-5-1-4(8(15)6(12)3-5)2-7-9(16)14-10(13)17-7/h1-3,15H,(H2,13,14,16). The highest BCUT2D eigenvalue weighted by Gasteiger charge is 2.20. The number of hydrogen-bond donors (Lipinski definition) is 2. The molecule has 1 aromatic carbocycles. The van der Waals surface area contributed by atoms with E-state index in [9.17, 15) is 9.90 Å². The summed E-state index contributed by atoms with van der Waals surface area (Å²) in [6.45, 7) is 0. The average Bonchev–Trinajstić information content (AvgIpc) is 2.53. The maximum Gasteiger partial charge on any atom is 0.286 e. The molecule has 0 aromatic heterocycles. The average molecular weight is 289 g/mol. The molecular weight excluding hydrogens is 283 g/mol. The number of phenolic OH excluding ortho intramolecular Hbond substituents is 1. The van der Waals surface area contributed by atoms with Gasteiger partial charge in [-0.1, -0.05) is 23.2 Å². The summed E-state index contributed by atoms with van der Waals surface area (Å²) in [6.07, 6.45) is 1.45. The lowest BCUT2D eigenvalue weighted by Crippen LogP contribution is -2.01. The summed E-state index contributed by atoms with van der Waals surface area (Å²) in [6, 6.07) is 2.91. The summed E-state index contributed by atoms with van der Waals surface area (Å²) in [4.78, 5) is 15.2. The zero-order chi connectivity index (χ0) is 12.6. The molecule has 0 atom stereocenters. The fraction of sp³-hybridized carbons (Fsp3) is 0. The zero-order valence-corrected chi connectivity index (χ0v) is 10.6. The lowest BCUT2D eigenvalue weighted by atomic mass is 10.2. The molecule has 1 amide bonds. The molecule has 0 spiro atoms. The van der Waals surface area contributed by atoms with E-state index in [0.29, 0.717) is 15.5 Å². The Labute approximate surface area is 111 Å². The molecular formula is C10H6Cl2N2O2S. The molecule has 1 heterocycles. The van der Waals surface area contributed by atoms with Crippen molar-refractivity contribution in [1.29, 1.82) is 0 Å². The van der Waals surface area contributed by atoms with Gasteiger partial charge in [-0.3, -0.25) is 4.79 Å². The quantitative estimate of drug-likeness (QED) is 0.779. The van der Waals surface area contributed by atoms with Gasteiger partial charge in [0, 0.05) is 10.6 Å². The van der Waals surface area contributed by atoms with E-state index in [1.54, 1.807) is 0 Å². The van der Waals surface area contributed by atoms with Gasteiger partial charge in [-0.25, -0.2) is 0 Å². The number of aromatic hydroxyl groups is 1. The van der Waals surface area contributed by atoms with Crippen LogP contribution in [0.3, 0.4) is 0 Å². The van der Waals surface area contributed by atoms with Gasteiger partial charge in [0.05, 0.1) is 9.93 Å². The van der Waals surface area contributed by atoms with E-state index >= 15 is 0 Å². The minimum absolute atomic E-state index is 0.119. The number of carbonyl (C=O) groups is 1. The number of rotatable bonds is 1. The van der Waals surface area contributed by atoms with Crippen LogP contribution in [0.15, 0.2) is 22.0 Å². The largest absolute Gasteiger partial charge is 0.506 e. The summed E-state index contributed by atoms with van der Waals surface area (Å²) < 4.78 is 0. The number of aliphatic imine (C=N–C) groups is 1. The third-order valence-corrected chi connectivity index (χ3v) is 3.30. The molecule has 0 saturated carbocycles. The Morgan fingerprint density at radius 2 is 2.12 bits per heavy atom. The molecule has 1 aromatic rings. The third kappa shape index (κ3) is 2.57. The van der Waals surface area contributed by atoms with Gasteiger partial charge in [-0.05, 0) is 30.0 Å². The second-order valence-corrected chi connectivity index (χ2v) is 5.10. The zero-order valence-electron chi connectivity index (χ0n) is 8.28. The molecule has 1 aliphatic rings. The number of benzene rings is 1. The predicted octanol–water partition coefficient (Wildman–Crippen LogP) is 2.63. The Hall–Kier alpha value is -1.17. The highest BCUT2D eigenvalue weighted by atomic mass is 35.5. The number of carbonyl (C=O) groups excluding carboxylic acids is 1. The fourth-order valence-electron chi connectivity index (χ4n) is 1.26. The topological polar surface area (TPSA) is 75.7 Å². The van der Waals surface area contributed by atoms with Crippen LogP contribution in [0.4, 0.5) is 0 Å². The molecule has 88 valence electrons. The Morgan fingerprint density at radius 1 is 1.41 bits per heavy atom. The van der Waals surface area contributed by atoms with Crippen molar-refractivity contribution >= 4 is 52.1 Å². The molecule has 1 aliphatic heterocycles. The van der Waals surface area contributed by atoms with Crippen molar-refractivity contribution in [3.05, 3.63) is 32.6 Å². The van der Waals surface area contributed by atoms with Crippen molar-refractivity contribution in [1.82, 2.24) is 0 Å². The Balaban J connectivity index is 2.44. The molecule has 4 nitrogen and oxygen atoms in total. The molecule has 0 saturated heterocycles. The van der Waals surface area contributed by atoms with Crippen molar-refractivity contribution in [2.45, 2.75) is 0 Å². The minimum Gasteiger partial charge on any atom is -0.506 e. The Bertz CT molecular complexity index is 570. The molecule has 2 rings (SSSR count). The lowest BCUT2D eigenvalue weighted by Gasteiger charge is -2.03. The number of phenols is 1. The first-order valence-electron chi connectivity index (χ1n) is 4.43. The molecule has 0 unspecified atom stereocenters. The highest BCUT2D eigenvalue weighted by molar-refractivity contribution is 8.18. The van der Waals surface area contributed by atoms with Gasteiger partial charge < -0.3 is 10.8 Å². The monoisotopic (exact) mass is 288 g/mol. The van der Waals surface area contributed by atoms with Crippen LogP contribution in [0.2, 0.25) is 10.0 Å². The lowest BCUT2D eigenvalue weighted by molar-refractivity contribution is -0.113. The molecule has 7 heteroatoms. The Kier molecular flexibility index (Phi) is 3.33. The SMILES string of the molecule is NC1=NC(=O)C(=Cc2cc(Cl)cc(Cl)c2O)S1.